The number of fused-ring (bicyclic) bond motifs is 1. The molecule has 1 aliphatic carbocycles. The van der Waals surface area contributed by atoms with Crippen LogP contribution in [0.3, 0.4) is 0 Å². The summed E-state index contributed by atoms with van der Waals surface area (Å²) in [5.74, 6) is 2.07. The van der Waals surface area contributed by atoms with Crippen LogP contribution >= 0.6 is 0 Å². The molecule has 0 aromatic carbocycles. The van der Waals surface area contributed by atoms with Crippen molar-refractivity contribution >= 4 is 29.6 Å². The van der Waals surface area contributed by atoms with Crippen molar-refractivity contribution in [3.05, 3.63) is 29.6 Å². The molecule has 1 fully saturated rings. The number of nitrogens with one attached hydrogen (secondary N) is 2. The highest BCUT2D eigenvalue weighted by Crippen LogP contribution is 2.32. The summed E-state index contributed by atoms with van der Waals surface area (Å²) in [6.45, 7) is 2.29. The summed E-state index contributed by atoms with van der Waals surface area (Å²) in [5, 5.41) is 13.5. The molecular weight excluding hydrogens is 302 g/mol. The van der Waals surface area contributed by atoms with Crippen LogP contribution in [0.15, 0.2) is 23.3 Å². The number of imidazole rings is 1. The Morgan fingerprint density at radius 3 is 3.17 bits per heavy atom. The Hall–Kier alpha value is -2.63. The van der Waals surface area contributed by atoms with Crippen molar-refractivity contribution in [1.82, 2.24) is 15.0 Å². The molecule has 0 amide bonds. The molecule has 2 atom stereocenters. The van der Waals surface area contributed by atoms with E-state index < -0.39 is 0 Å². The number of rotatable bonds is 3. The normalized spacial score (nSPS) is 24.3. The number of allylic oxidation sites excluding steroid dienone is 1. The van der Waals surface area contributed by atoms with Crippen LogP contribution in [0.2, 0.25) is 0 Å². The Kier molecular flexibility index (Phi) is 3.80. The summed E-state index contributed by atoms with van der Waals surface area (Å²) >= 11 is 0. The van der Waals surface area contributed by atoms with Crippen LogP contribution < -0.4 is 5.32 Å². The van der Waals surface area contributed by atoms with Gasteiger partial charge in [-0.1, -0.05) is 19.8 Å². The molecule has 2 aromatic heterocycles. The van der Waals surface area contributed by atoms with Gasteiger partial charge in [-0.2, -0.15) is 4.98 Å². The van der Waals surface area contributed by atoms with Gasteiger partial charge in [-0.15, -0.1) is 0 Å². The second kappa shape index (κ2) is 6.11. The summed E-state index contributed by atoms with van der Waals surface area (Å²) in [6.07, 6.45) is 10.2. The van der Waals surface area contributed by atoms with Crippen molar-refractivity contribution in [3.8, 4) is 5.88 Å². The number of aromatic nitrogens is 3. The van der Waals surface area contributed by atoms with E-state index in [2.05, 4.69) is 32.2 Å². The molecule has 6 heteroatoms. The molecule has 0 bridgehead atoms. The SMILES string of the molecule is CC1CCCC(Nc2nc(O)c(C=C3C=Nc4ncccc43)[nH]2)C1. The second-order valence-electron chi connectivity index (χ2n) is 6.67. The monoisotopic (exact) mass is 323 g/mol. The van der Waals surface area contributed by atoms with Crippen LogP contribution in [0.4, 0.5) is 11.8 Å². The van der Waals surface area contributed by atoms with E-state index in [4.69, 9.17) is 0 Å². The lowest BCUT2D eigenvalue weighted by atomic mass is 9.87. The number of hydrogen-bond acceptors (Lipinski definition) is 5. The first-order valence-electron chi connectivity index (χ1n) is 8.45. The van der Waals surface area contributed by atoms with Crippen LogP contribution in [0.5, 0.6) is 5.88 Å². The lowest BCUT2D eigenvalue weighted by Gasteiger charge is -2.27. The Morgan fingerprint density at radius 1 is 1.38 bits per heavy atom. The van der Waals surface area contributed by atoms with Gasteiger partial charge in [-0.3, -0.25) is 0 Å². The maximum absolute atomic E-state index is 10.1. The third-order valence-electron chi connectivity index (χ3n) is 4.71. The average Bonchev–Trinajstić information content (AvgIpc) is 3.12. The second-order valence-corrected chi connectivity index (χ2v) is 6.67. The Balaban J connectivity index is 1.54. The quantitative estimate of drug-likeness (QED) is 0.803. The number of aromatic hydroxyl groups is 1. The van der Waals surface area contributed by atoms with E-state index in [0.717, 1.165) is 29.9 Å². The molecule has 3 heterocycles. The van der Waals surface area contributed by atoms with Gasteiger partial charge in [0, 0.05) is 29.6 Å². The average molecular weight is 323 g/mol. The first-order valence-corrected chi connectivity index (χ1v) is 8.45. The van der Waals surface area contributed by atoms with Crippen LogP contribution in [0.25, 0.3) is 11.6 Å². The van der Waals surface area contributed by atoms with Crippen molar-refractivity contribution < 1.29 is 5.11 Å². The van der Waals surface area contributed by atoms with Crippen LogP contribution in [0.1, 0.15) is 43.9 Å². The predicted octanol–water partition coefficient (Wildman–Crippen LogP) is 3.76. The lowest BCUT2D eigenvalue weighted by Crippen LogP contribution is -2.26. The van der Waals surface area contributed by atoms with Crippen LogP contribution in [0, 0.1) is 5.92 Å². The predicted molar refractivity (Wildman–Crippen MR) is 95.6 cm³/mol. The number of hydrogen-bond donors (Lipinski definition) is 3. The number of pyridine rings is 1. The van der Waals surface area contributed by atoms with E-state index in [1.165, 1.54) is 12.8 Å². The highest BCUT2D eigenvalue weighted by Gasteiger charge is 2.20. The van der Waals surface area contributed by atoms with Gasteiger partial charge in [0.2, 0.25) is 11.8 Å². The number of nitrogens with zero attached hydrogens (tertiary/aromatic N) is 3. The smallest absolute Gasteiger partial charge is 0.238 e. The summed E-state index contributed by atoms with van der Waals surface area (Å²) in [6, 6.07) is 4.26. The first-order chi connectivity index (χ1) is 11.7. The third kappa shape index (κ3) is 2.91. The van der Waals surface area contributed by atoms with Crippen molar-refractivity contribution in [1.29, 1.82) is 0 Å². The van der Waals surface area contributed by atoms with Gasteiger partial charge in [0.1, 0.15) is 5.69 Å². The van der Waals surface area contributed by atoms with Gasteiger partial charge >= 0.3 is 0 Å². The largest absolute Gasteiger partial charge is 0.492 e. The minimum Gasteiger partial charge on any atom is -0.492 e. The third-order valence-corrected chi connectivity index (χ3v) is 4.71. The number of aromatic amines is 1. The maximum Gasteiger partial charge on any atom is 0.238 e. The zero-order valence-electron chi connectivity index (χ0n) is 13.7. The standard InChI is InChI=1S/C18H21N5O/c1-11-4-2-5-13(8-11)21-18-22-15(17(24)23-18)9-12-10-20-16-14(12)6-3-7-19-16/h3,6-7,9-11,13,24H,2,4-5,8H2,1H3,(H2,21,22,23). The number of anilines is 1. The molecule has 2 aliphatic rings. The van der Waals surface area contributed by atoms with Gasteiger partial charge in [0.15, 0.2) is 5.82 Å². The molecule has 4 rings (SSSR count). The summed E-state index contributed by atoms with van der Waals surface area (Å²) in [5.41, 5.74) is 2.46. The summed E-state index contributed by atoms with van der Waals surface area (Å²) in [4.78, 5) is 15.9. The van der Waals surface area contributed by atoms with Gasteiger partial charge in [-0.25, -0.2) is 9.98 Å². The van der Waals surface area contributed by atoms with Gasteiger partial charge in [0.25, 0.3) is 0 Å². The fourth-order valence-corrected chi connectivity index (χ4v) is 3.50. The first kappa shape index (κ1) is 14.9. The topological polar surface area (TPSA) is 86.2 Å². The van der Waals surface area contributed by atoms with Gasteiger partial charge < -0.3 is 15.4 Å². The Labute approximate surface area is 140 Å². The highest BCUT2D eigenvalue weighted by molar-refractivity contribution is 6.20. The van der Waals surface area contributed by atoms with Crippen LogP contribution in [-0.2, 0) is 0 Å². The Bertz CT molecular complexity index is 807. The van der Waals surface area contributed by atoms with Crippen molar-refractivity contribution in [2.24, 2.45) is 10.9 Å². The fourth-order valence-electron chi connectivity index (χ4n) is 3.50. The molecule has 0 radical (unpaired) electrons. The molecular formula is C18H21N5O. The van der Waals surface area contributed by atoms with Crippen LogP contribution in [-0.4, -0.2) is 32.3 Å². The molecule has 1 aliphatic heterocycles. The molecule has 3 N–H and O–H groups in total. The van der Waals surface area contributed by atoms with Crippen molar-refractivity contribution in [2.45, 2.75) is 38.6 Å². The van der Waals surface area contributed by atoms with E-state index in [1.54, 1.807) is 12.4 Å². The molecule has 0 spiro atoms. The van der Waals surface area contributed by atoms with E-state index in [0.29, 0.717) is 23.5 Å². The zero-order valence-corrected chi connectivity index (χ0v) is 13.7. The minimum absolute atomic E-state index is 0.000372. The lowest BCUT2D eigenvalue weighted by molar-refractivity contribution is 0.357. The van der Waals surface area contributed by atoms with E-state index in [1.807, 2.05) is 18.2 Å². The minimum atomic E-state index is -0.000372. The fraction of sp³-hybridized carbons (Fsp3) is 0.389. The van der Waals surface area contributed by atoms with Crippen molar-refractivity contribution in [3.63, 3.8) is 0 Å². The maximum atomic E-state index is 10.1. The van der Waals surface area contributed by atoms with Gasteiger partial charge in [0.05, 0.1) is 0 Å². The van der Waals surface area contributed by atoms with E-state index in [-0.39, 0.29) is 5.88 Å². The number of aliphatic imine (C=N–C) groups is 1. The molecule has 124 valence electrons. The van der Waals surface area contributed by atoms with Gasteiger partial charge in [-0.05, 0) is 37.0 Å². The molecule has 24 heavy (non-hydrogen) atoms. The van der Waals surface area contributed by atoms with Crippen molar-refractivity contribution in [2.75, 3.05) is 5.32 Å². The zero-order chi connectivity index (χ0) is 16.5. The molecule has 2 aromatic rings. The molecule has 6 nitrogen and oxygen atoms in total. The summed E-state index contributed by atoms with van der Waals surface area (Å²) in [7, 11) is 0. The molecule has 1 saturated carbocycles. The summed E-state index contributed by atoms with van der Waals surface area (Å²) < 4.78 is 0. The van der Waals surface area contributed by atoms with E-state index >= 15 is 0 Å². The highest BCUT2D eigenvalue weighted by atomic mass is 16.3. The number of H-pyrrole nitrogens is 1. The Morgan fingerprint density at radius 2 is 2.29 bits per heavy atom. The van der Waals surface area contributed by atoms with E-state index in [9.17, 15) is 5.11 Å². The molecule has 2 unspecified atom stereocenters. The molecule has 0 saturated heterocycles.